The monoisotopic (exact) mass is 411 g/mol. The molecule has 1 atom stereocenters. The number of hydrogen-bond acceptors (Lipinski definition) is 7. The highest BCUT2D eigenvalue weighted by Crippen LogP contribution is 2.21. The Balaban J connectivity index is 1.36. The number of morpholine rings is 1. The molecule has 1 aromatic heterocycles. The molecule has 160 valence electrons. The number of carbonyl (C=O) groups excluding carboxylic acids is 1. The maximum atomic E-state index is 13.0. The fourth-order valence-electron chi connectivity index (χ4n) is 3.82. The molecule has 0 bridgehead atoms. The molecule has 1 aromatic carbocycles. The minimum Gasteiger partial charge on any atom is -0.471 e. The molecule has 2 aliphatic heterocycles. The summed E-state index contributed by atoms with van der Waals surface area (Å²) in [6.45, 7) is 4.57. The number of carbonyl (C=O) groups is 1. The molecule has 4 rings (SSSR count). The Morgan fingerprint density at radius 3 is 2.50 bits per heavy atom. The fourth-order valence-corrected chi connectivity index (χ4v) is 3.82. The molecular formula is C22H29N5O3. The molecule has 30 heavy (non-hydrogen) atoms. The third-order valence-electron chi connectivity index (χ3n) is 5.53. The first-order chi connectivity index (χ1) is 14.6. The Bertz CT molecular complexity index is 835. The third kappa shape index (κ3) is 4.81. The van der Waals surface area contributed by atoms with Crippen LogP contribution >= 0.6 is 0 Å². The Hall–Kier alpha value is -2.87. The summed E-state index contributed by atoms with van der Waals surface area (Å²) in [5.74, 6) is 1.32. The topological polar surface area (TPSA) is 71.0 Å². The van der Waals surface area contributed by atoms with Gasteiger partial charge in [-0.1, -0.05) is 0 Å². The standard InChI is InChI=1S/C22H29N5O3/c1-25(2)20-9-10-21(24-23-20)30-19-4-3-11-27(16-19)22(28)17-5-7-18(8-6-17)26-12-14-29-15-13-26/h5-10,19H,3-4,11-16H2,1-2H3. The van der Waals surface area contributed by atoms with Crippen LogP contribution in [0.5, 0.6) is 5.88 Å². The molecule has 0 N–H and O–H groups in total. The number of piperidine rings is 1. The van der Waals surface area contributed by atoms with Gasteiger partial charge in [0.25, 0.3) is 5.91 Å². The first-order valence-corrected chi connectivity index (χ1v) is 10.5. The van der Waals surface area contributed by atoms with Crippen molar-refractivity contribution >= 4 is 17.4 Å². The van der Waals surface area contributed by atoms with Crippen LogP contribution in [0.1, 0.15) is 23.2 Å². The van der Waals surface area contributed by atoms with Crippen molar-refractivity contribution in [3.05, 3.63) is 42.0 Å². The number of aromatic nitrogens is 2. The summed E-state index contributed by atoms with van der Waals surface area (Å²) in [4.78, 5) is 19.1. The average Bonchev–Trinajstić information content (AvgIpc) is 2.80. The van der Waals surface area contributed by atoms with Crippen LogP contribution in [-0.2, 0) is 4.74 Å². The molecule has 1 amide bonds. The van der Waals surface area contributed by atoms with Crippen molar-refractivity contribution in [2.24, 2.45) is 0 Å². The maximum Gasteiger partial charge on any atom is 0.253 e. The zero-order valence-electron chi connectivity index (χ0n) is 17.7. The van der Waals surface area contributed by atoms with Crippen LogP contribution in [0.15, 0.2) is 36.4 Å². The predicted molar refractivity (Wildman–Crippen MR) is 115 cm³/mol. The van der Waals surface area contributed by atoms with Gasteiger partial charge in [0.05, 0.1) is 19.8 Å². The van der Waals surface area contributed by atoms with Crippen LogP contribution in [0.2, 0.25) is 0 Å². The van der Waals surface area contributed by atoms with Gasteiger partial charge in [0.2, 0.25) is 5.88 Å². The van der Waals surface area contributed by atoms with Gasteiger partial charge < -0.3 is 24.2 Å². The summed E-state index contributed by atoms with van der Waals surface area (Å²) >= 11 is 0. The summed E-state index contributed by atoms with van der Waals surface area (Å²) in [7, 11) is 3.84. The van der Waals surface area contributed by atoms with Crippen molar-refractivity contribution < 1.29 is 14.3 Å². The lowest BCUT2D eigenvalue weighted by molar-refractivity contribution is 0.0525. The molecule has 2 fully saturated rings. The van der Waals surface area contributed by atoms with E-state index in [1.54, 1.807) is 0 Å². The zero-order valence-corrected chi connectivity index (χ0v) is 17.7. The van der Waals surface area contributed by atoms with E-state index in [0.29, 0.717) is 18.0 Å². The molecule has 2 aliphatic rings. The number of benzene rings is 1. The van der Waals surface area contributed by atoms with Crippen molar-refractivity contribution in [3.8, 4) is 5.88 Å². The number of hydrogen-bond donors (Lipinski definition) is 0. The first-order valence-electron chi connectivity index (χ1n) is 10.5. The van der Waals surface area contributed by atoms with Crippen molar-refractivity contribution in [3.63, 3.8) is 0 Å². The molecule has 3 heterocycles. The molecule has 8 heteroatoms. The van der Waals surface area contributed by atoms with Crippen LogP contribution in [-0.4, -0.2) is 80.6 Å². The van der Waals surface area contributed by atoms with E-state index >= 15 is 0 Å². The predicted octanol–water partition coefficient (Wildman–Crippen LogP) is 2.06. The lowest BCUT2D eigenvalue weighted by Crippen LogP contribution is -2.44. The summed E-state index contributed by atoms with van der Waals surface area (Å²) in [5, 5.41) is 8.30. The number of anilines is 2. The second-order valence-corrected chi connectivity index (χ2v) is 7.90. The van der Waals surface area contributed by atoms with E-state index in [0.717, 1.165) is 57.2 Å². The van der Waals surface area contributed by atoms with E-state index in [9.17, 15) is 4.79 Å². The molecule has 2 saturated heterocycles. The minimum atomic E-state index is -0.0742. The maximum absolute atomic E-state index is 13.0. The minimum absolute atomic E-state index is 0.0471. The Morgan fingerprint density at radius 2 is 1.83 bits per heavy atom. The van der Waals surface area contributed by atoms with Gasteiger partial charge in [-0.2, -0.15) is 0 Å². The molecule has 0 radical (unpaired) electrons. The number of rotatable bonds is 5. The van der Waals surface area contributed by atoms with Gasteiger partial charge in [0, 0.05) is 51.0 Å². The largest absolute Gasteiger partial charge is 0.471 e. The summed E-state index contributed by atoms with van der Waals surface area (Å²) in [6, 6.07) is 11.6. The molecule has 8 nitrogen and oxygen atoms in total. The van der Waals surface area contributed by atoms with E-state index in [-0.39, 0.29) is 12.0 Å². The Labute approximate surface area is 177 Å². The normalized spacial score (nSPS) is 19.5. The summed E-state index contributed by atoms with van der Waals surface area (Å²) < 4.78 is 11.4. The van der Waals surface area contributed by atoms with Crippen LogP contribution in [0, 0.1) is 0 Å². The highest BCUT2D eigenvalue weighted by molar-refractivity contribution is 5.94. The van der Waals surface area contributed by atoms with Crippen LogP contribution in [0.3, 0.4) is 0 Å². The summed E-state index contributed by atoms with van der Waals surface area (Å²) in [5.41, 5.74) is 1.84. The second-order valence-electron chi connectivity index (χ2n) is 7.90. The van der Waals surface area contributed by atoms with E-state index in [4.69, 9.17) is 9.47 Å². The lowest BCUT2D eigenvalue weighted by Gasteiger charge is -2.33. The zero-order chi connectivity index (χ0) is 20.9. The first kappa shape index (κ1) is 20.4. The number of amides is 1. The van der Waals surface area contributed by atoms with Crippen molar-refractivity contribution in [2.45, 2.75) is 18.9 Å². The van der Waals surface area contributed by atoms with Gasteiger partial charge in [-0.15, -0.1) is 10.2 Å². The molecule has 2 aromatic rings. The SMILES string of the molecule is CN(C)c1ccc(OC2CCCN(C(=O)c3ccc(N4CCOCC4)cc3)C2)nn1. The molecule has 1 unspecified atom stereocenters. The smallest absolute Gasteiger partial charge is 0.253 e. The molecule has 0 aliphatic carbocycles. The Morgan fingerprint density at radius 1 is 1.07 bits per heavy atom. The summed E-state index contributed by atoms with van der Waals surface area (Å²) in [6.07, 6.45) is 1.73. The molecule has 0 saturated carbocycles. The van der Waals surface area contributed by atoms with E-state index in [1.165, 1.54) is 0 Å². The van der Waals surface area contributed by atoms with Crippen molar-refractivity contribution in [2.75, 3.05) is 63.3 Å². The molecule has 0 spiro atoms. The van der Waals surface area contributed by atoms with Gasteiger partial charge in [-0.05, 0) is 43.2 Å². The van der Waals surface area contributed by atoms with Gasteiger partial charge in [-0.25, -0.2) is 0 Å². The van der Waals surface area contributed by atoms with Crippen molar-refractivity contribution in [1.29, 1.82) is 0 Å². The van der Waals surface area contributed by atoms with E-state index in [1.807, 2.05) is 60.3 Å². The lowest BCUT2D eigenvalue weighted by atomic mass is 10.1. The van der Waals surface area contributed by atoms with Gasteiger partial charge in [0.1, 0.15) is 6.10 Å². The van der Waals surface area contributed by atoms with Crippen LogP contribution in [0.25, 0.3) is 0 Å². The van der Waals surface area contributed by atoms with E-state index < -0.39 is 0 Å². The molecular weight excluding hydrogens is 382 g/mol. The van der Waals surface area contributed by atoms with Crippen LogP contribution in [0.4, 0.5) is 11.5 Å². The van der Waals surface area contributed by atoms with Gasteiger partial charge in [-0.3, -0.25) is 4.79 Å². The second kappa shape index (κ2) is 9.30. The third-order valence-corrected chi connectivity index (χ3v) is 5.53. The van der Waals surface area contributed by atoms with Crippen LogP contribution < -0.4 is 14.5 Å². The van der Waals surface area contributed by atoms with Gasteiger partial charge in [0.15, 0.2) is 5.82 Å². The van der Waals surface area contributed by atoms with Crippen molar-refractivity contribution in [1.82, 2.24) is 15.1 Å². The average molecular weight is 412 g/mol. The highest BCUT2D eigenvalue weighted by atomic mass is 16.5. The number of likely N-dealkylation sites (tertiary alicyclic amines) is 1. The van der Waals surface area contributed by atoms with Gasteiger partial charge >= 0.3 is 0 Å². The number of nitrogens with zero attached hydrogens (tertiary/aromatic N) is 5. The fraction of sp³-hybridized carbons (Fsp3) is 0.500. The number of ether oxygens (including phenoxy) is 2. The van der Waals surface area contributed by atoms with E-state index in [2.05, 4.69) is 15.1 Å². The Kier molecular flexibility index (Phi) is 6.32. The quantitative estimate of drug-likeness (QED) is 0.746. The highest BCUT2D eigenvalue weighted by Gasteiger charge is 2.26.